The molecule has 0 fully saturated rings. The summed E-state index contributed by atoms with van der Waals surface area (Å²) in [6, 6.07) is 24.7. The number of nitro groups is 1. The third-order valence-electron chi connectivity index (χ3n) is 6.64. The minimum Gasteiger partial charge on any atom is -0.313 e. The van der Waals surface area contributed by atoms with Gasteiger partial charge in [-0.2, -0.15) is 0 Å². The van der Waals surface area contributed by atoms with Gasteiger partial charge in [0.2, 0.25) is 5.91 Å². The fourth-order valence-electron chi connectivity index (χ4n) is 4.79. The van der Waals surface area contributed by atoms with Crippen molar-refractivity contribution in [2.24, 2.45) is 0 Å². The summed E-state index contributed by atoms with van der Waals surface area (Å²) in [5.41, 5.74) is 5.06. The summed E-state index contributed by atoms with van der Waals surface area (Å²) in [5, 5.41) is 15.9. The monoisotopic (exact) mass is 552 g/mol. The highest BCUT2D eigenvalue weighted by Gasteiger charge is 2.27. The van der Waals surface area contributed by atoms with Gasteiger partial charge in [0, 0.05) is 48.3 Å². The van der Waals surface area contributed by atoms with E-state index >= 15 is 0 Å². The Balaban J connectivity index is 1.30. The average Bonchev–Trinajstić information content (AvgIpc) is 3.53. The molecule has 194 valence electrons. The maximum Gasteiger partial charge on any atom is 0.270 e. The lowest BCUT2D eigenvalue weighted by Gasteiger charge is -2.27. The van der Waals surface area contributed by atoms with Crippen molar-refractivity contribution in [3.63, 3.8) is 0 Å². The summed E-state index contributed by atoms with van der Waals surface area (Å²) < 4.78 is 1.11. The Morgan fingerprint density at radius 3 is 2.69 bits per heavy atom. The highest BCUT2D eigenvalue weighted by molar-refractivity contribution is 7.23. The molecule has 1 aliphatic heterocycles. The first-order chi connectivity index (χ1) is 19.0. The van der Waals surface area contributed by atoms with Gasteiger partial charge >= 0.3 is 0 Å². The largest absolute Gasteiger partial charge is 0.313 e. The molecule has 0 atom stereocenters. The predicted octanol–water partition coefficient (Wildman–Crippen LogP) is 7.14. The Hall–Kier alpha value is -4.18. The van der Waals surface area contributed by atoms with Crippen LogP contribution in [-0.2, 0) is 24.3 Å². The molecule has 0 saturated heterocycles. The van der Waals surface area contributed by atoms with Gasteiger partial charge in [-0.1, -0.05) is 54.6 Å². The van der Waals surface area contributed by atoms with E-state index in [1.54, 1.807) is 40.9 Å². The van der Waals surface area contributed by atoms with Gasteiger partial charge in [-0.3, -0.25) is 19.8 Å². The molecule has 2 aromatic heterocycles. The molecule has 0 saturated carbocycles. The first-order valence-corrected chi connectivity index (χ1v) is 14.2. The quantitative estimate of drug-likeness (QED) is 0.132. The summed E-state index contributed by atoms with van der Waals surface area (Å²) in [6.45, 7) is 2.62. The smallest absolute Gasteiger partial charge is 0.270 e. The van der Waals surface area contributed by atoms with E-state index in [1.807, 2.05) is 24.3 Å². The molecule has 39 heavy (non-hydrogen) atoms. The van der Waals surface area contributed by atoms with Crippen LogP contribution in [-0.4, -0.2) is 27.3 Å². The number of aromatic nitrogens is 1. The zero-order valence-electron chi connectivity index (χ0n) is 20.9. The molecule has 0 spiro atoms. The van der Waals surface area contributed by atoms with Gasteiger partial charge in [-0.05, 0) is 41.3 Å². The molecule has 0 unspecified atom stereocenters. The Morgan fingerprint density at radius 2 is 1.87 bits per heavy atom. The molecule has 0 aliphatic carbocycles. The molecule has 1 N–H and O–H groups in total. The number of non-ortho nitro benzene ring substituents is 1. The van der Waals surface area contributed by atoms with Crippen LogP contribution >= 0.6 is 22.7 Å². The molecule has 3 heterocycles. The average molecular weight is 553 g/mol. The van der Waals surface area contributed by atoms with Crippen molar-refractivity contribution in [2.45, 2.75) is 19.5 Å². The lowest BCUT2D eigenvalue weighted by molar-refractivity contribution is -0.384. The summed E-state index contributed by atoms with van der Waals surface area (Å²) in [6.07, 6.45) is 3.89. The van der Waals surface area contributed by atoms with Crippen molar-refractivity contribution in [3.05, 3.63) is 117 Å². The number of rotatable bonds is 7. The van der Waals surface area contributed by atoms with E-state index in [1.165, 1.54) is 34.2 Å². The number of nitro benzene ring substituents is 1. The van der Waals surface area contributed by atoms with Crippen LogP contribution in [0.1, 0.15) is 21.6 Å². The number of nitrogens with one attached hydrogen (secondary N) is 1. The van der Waals surface area contributed by atoms with Gasteiger partial charge in [0.05, 0.1) is 15.1 Å². The van der Waals surface area contributed by atoms with Gasteiger partial charge < -0.3 is 5.32 Å². The standard InChI is InChI=1S/C30H24N4O3S2/c35-27(14-13-20-9-6-10-22(17-20)34(36)37)32-30-28(29-31-24-11-4-5-12-25(24)38-29)23-15-16-33(19-26(23)39-30)18-21-7-2-1-3-8-21/h1-14,17H,15-16,18-19H2,(H,32,35). The predicted molar refractivity (Wildman–Crippen MR) is 158 cm³/mol. The van der Waals surface area contributed by atoms with Crippen LogP contribution in [0.5, 0.6) is 0 Å². The number of para-hydroxylation sites is 1. The van der Waals surface area contributed by atoms with Crippen LogP contribution in [0, 0.1) is 10.1 Å². The van der Waals surface area contributed by atoms with Crippen LogP contribution in [0.25, 0.3) is 26.9 Å². The minimum atomic E-state index is -0.445. The summed E-state index contributed by atoms with van der Waals surface area (Å²) >= 11 is 3.24. The zero-order valence-corrected chi connectivity index (χ0v) is 22.5. The van der Waals surface area contributed by atoms with Crippen LogP contribution in [0.2, 0.25) is 0 Å². The van der Waals surface area contributed by atoms with Gasteiger partial charge in [0.1, 0.15) is 10.0 Å². The lowest BCUT2D eigenvalue weighted by Crippen LogP contribution is -2.29. The SMILES string of the molecule is O=C(C=Cc1cccc([N+](=O)[O-])c1)Nc1sc2c(c1-c1nc3ccccc3s1)CCN(Cc1ccccc1)C2. The number of hydrogen-bond donors (Lipinski definition) is 1. The van der Waals surface area contributed by atoms with Crippen LogP contribution in [0.15, 0.2) is 84.9 Å². The van der Waals surface area contributed by atoms with Crippen LogP contribution < -0.4 is 5.32 Å². The van der Waals surface area contributed by atoms with Crippen molar-refractivity contribution in [1.29, 1.82) is 0 Å². The Bertz CT molecular complexity index is 1680. The first-order valence-electron chi connectivity index (χ1n) is 12.5. The summed E-state index contributed by atoms with van der Waals surface area (Å²) in [5.74, 6) is -0.288. The van der Waals surface area contributed by atoms with Crippen molar-refractivity contribution in [2.75, 3.05) is 11.9 Å². The fraction of sp³-hybridized carbons (Fsp3) is 0.133. The van der Waals surface area contributed by atoms with Crippen molar-refractivity contribution in [1.82, 2.24) is 9.88 Å². The van der Waals surface area contributed by atoms with Gasteiger partial charge in [-0.15, -0.1) is 22.7 Å². The Labute approximate surface area is 233 Å². The van der Waals surface area contributed by atoms with Gasteiger partial charge in [-0.25, -0.2) is 4.98 Å². The molecular weight excluding hydrogens is 528 g/mol. The number of thiophene rings is 1. The highest BCUT2D eigenvalue weighted by atomic mass is 32.1. The molecule has 0 bridgehead atoms. The van der Waals surface area contributed by atoms with E-state index < -0.39 is 4.92 Å². The fourth-order valence-corrected chi connectivity index (χ4v) is 7.20. The number of amides is 1. The summed E-state index contributed by atoms with van der Waals surface area (Å²) in [7, 11) is 0. The zero-order chi connectivity index (χ0) is 26.8. The second-order valence-corrected chi connectivity index (χ2v) is 11.5. The third-order valence-corrected chi connectivity index (χ3v) is 8.82. The van der Waals surface area contributed by atoms with E-state index in [2.05, 4.69) is 40.5 Å². The van der Waals surface area contributed by atoms with Gasteiger partial charge in [0.15, 0.2) is 0 Å². The normalized spacial score (nSPS) is 13.5. The molecule has 5 aromatic rings. The molecule has 0 radical (unpaired) electrons. The molecule has 1 aliphatic rings. The Kier molecular flexibility index (Phi) is 7.02. The number of fused-ring (bicyclic) bond motifs is 2. The van der Waals surface area contributed by atoms with Crippen molar-refractivity contribution in [3.8, 4) is 10.6 Å². The van der Waals surface area contributed by atoms with Crippen LogP contribution in [0.4, 0.5) is 10.7 Å². The van der Waals surface area contributed by atoms with Crippen molar-refractivity contribution >= 4 is 55.6 Å². The summed E-state index contributed by atoms with van der Waals surface area (Å²) in [4.78, 5) is 32.3. The van der Waals surface area contributed by atoms with E-state index in [4.69, 9.17) is 4.98 Å². The maximum absolute atomic E-state index is 13.0. The number of carbonyl (C=O) groups is 1. The van der Waals surface area contributed by atoms with E-state index in [-0.39, 0.29) is 11.6 Å². The van der Waals surface area contributed by atoms with Gasteiger partial charge in [0.25, 0.3) is 5.69 Å². The molecule has 9 heteroatoms. The Morgan fingerprint density at radius 1 is 1.05 bits per heavy atom. The number of carbonyl (C=O) groups excluding carboxylic acids is 1. The molecule has 1 amide bonds. The number of anilines is 1. The van der Waals surface area contributed by atoms with Crippen LogP contribution in [0.3, 0.4) is 0 Å². The van der Waals surface area contributed by atoms with E-state index in [0.29, 0.717) is 5.56 Å². The highest BCUT2D eigenvalue weighted by Crippen LogP contribution is 2.45. The number of thiazole rings is 1. The molecule has 6 rings (SSSR count). The minimum absolute atomic E-state index is 0.0123. The third kappa shape index (κ3) is 5.51. The second-order valence-electron chi connectivity index (χ2n) is 9.32. The number of nitrogens with zero attached hydrogens (tertiary/aromatic N) is 3. The van der Waals surface area contributed by atoms with E-state index in [9.17, 15) is 14.9 Å². The number of hydrogen-bond acceptors (Lipinski definition) is 7. The molecular formula is C30H24N4O3S2. The topological polar surface area (TPSA) is 88.4 Å². The maximum atomic E-state index is 13.0. The molecule has 3 aromatic carbocycles. The molecule has 7 nitrogen and oxygen atoms in total. The first kappa shape index (κ1) is 25.1. The lowest BCUT2D eigenvalue weighted by atomic mass is 10.0. The number of benzene rings is 3. The van der Waals surface area contributed by atoms with E-state index in [0.717, 1.165) is 51.8 Å². The van der Waals surface area contributed by atoms with Crippen molar-refractivity contribution < 1.29 is 9.72 Å². The second kappa shape index (κ2) is 10.9.